The molecule has 0 bridgehead atoms. The van der Waals surface area contributed by atoms with Crippen molar-refractivity contribution >= 4 is 23.6 Å². The Hall–Kier alpha value is -0.710. The van der Waals surface area contributed by atoms with Crippen molar-refractivity contribution in [3.8, 4) is 0 Å². The van der Waals surface area contributed by atoms with Crippen LogP contribution in [0.3, 0.4) is 0 Å². The van der Waals surface area contributed by atoms with E-state index in [1.807, 2.05) is 16.7 Å². The molecule has 2 aliphatic rings. The van der Waals surface area contributed by atoms with E-state index in [-0.39, 0.29) is 17.7 Å². The first-order valence-electron chi connectivity index (χ1n) is 6.27. The second-order valence-corrected chi connectivity index (χ2v) is 6.92. The molecule has 96 valence electrons. The largest absolute Gasteiger partial charge is 0.355 e. The lowest BCUT2D eigenvalue weighted by Gasteiger charge is -2.37. The van der Waals surface area contributed by atoms with Crippen LogP contribution in [0.4, 0.5) is 0 Å². The Balaban J connectivity index is 1.92. The Kier molecular flexibility index (Phi) is 3.97. The average molecular weight is 256 g/mol. The van der Waals surface area contributed by atoms with Gasteiger partial charge in [-0.25, -0.2) is 0 Å². The molecular weight excluding hydrogens is 236 g/mol. The lowest BCUT2D eigenvalue weighted by molar-refractivity contribution is -0.137. The summed E-state index contributed by atoms with van der Waals surface area (Å²) in [6.07, 6.45) is 1.20. The number of thioether (sulfide) groups is 1. The van der Waals surface area contributed by atoms with Crippen LogP contribution in [0.1, 0.15) is 26.7 Å². The van der Waals surface area contributed by atoms with Crippen LogP contribution in [-0.4, -0.2) is 46.8 Å². The van der Waals surface area contributed by atoms with Gasteiger partial charge in [0.25, 0.3) is 0 Å². The highest BCUT2D eigenvalue weighted by atomic mass is 32.2. The van der Waals surface area contributed by atoms with Gasteiger partial charge in [0, 0.05) is 36.6 Å². The van der Waals surface area contributed by atoms with Crippen molar-refractivity contribution in [3.05, 3.63) is 0 Å². The van der Waals surface area contributed by atoms with E-state index in [4.69, 9.17) is 0 Å². The number of piperidine rings is 1. The first-order chi connectivity index (χ1) is 8.06. The van der Waals surface area contributed by atoms with Gasteiger partial charge in [0.1, 0.15) is 0 Å². The minimum atomic E-state index is -0.00444. The lowest BCUT2D eigenvalue weighted by Crippen LogP contribution is -2.50. The highest BCUT2D eigenvalue weighted by Crippen LogP contribution is 2.26. The van der Waals surface area contributed by atoms with Crippen LogP contribution >= 0.6 is 11.8 Å². The van der Waals surface area contributed by atoms with Gasteiger partial charge < -0.3 is 10.2 Å². The second-order valence-electron chi connectivity index (χ2n) is 5.04. The van der Waals surface area contributed by atoms with Crippen molar-refractivity contribution in [2.45, 2.75) is 37.2 Å². The molecule has 0 spiro atoms. The van der Waals surface area contributed by atoms with Crippen LogP contribution in [0.5, 0.6) is 0 Å². The molecule has 3 atom stereocenters. The van der Waals surface area contributed by atoms with Crippen LogP contribution in [0.2, 0.25) is 0 Å². The molecule has 0 radical (unpaired) electrons. The summed E-state index contributed by atoms with van der Waals surface area (Å²) >= 11 is 1.95. The molecule has 2 heterocycles. The summed E-state index contributed by atoms with van der Waals surface area (Å²) in [4.78, 5) is 25.4. The molecule has 2 saturated heterocycles. The molecule has 0 saturated carbocycles. The monoisotopic (exact) mass is 256 g/mol. The Bertz CT molecular complexity index is 302. The third kappa shape index (κ3) is 3.15. The fraction of sp³-hybridized carbons (Fsp3) is 0.833. The third-order valence-corrected chi connectivity index (χ3v) is 4.57. The molecule has 2 aliphatic heterocycles. The van der Waals surface area contributed by atoms with Crippen molar-refractivity contribution in [1.29, 1.82) is 0 Å². The number of nitrogens with one attached hydrogen (secondary N) is 1. The van der Waals surface area contributed by atoms with Crippen molar-refractivity contribution < 1.29 is 9.59 Å². The molecule has 3 unspecified atom stereocenters. The van der Waals surface area contributed by atoms with Gasteiger partial charge in [-0.1, -0.05) is 13.8 Å². The van der Waals surface area contributed by atoms with Gasteiger partial charge in [-0.3, -0.25) is 9.59 Å². The SMILES string of the molecule is CC1CN(C(=O)C2CCC(=O)NC2)CC(C)S1. The predicted octanol–water partition coefficient (Wildman–Crippen LogP) is 0.865. The Labute approximate surface area is 106 Å². The maximum atomic E-state index is 12.3. The molecule has 0 aromatic carbocycles. The molecule has 0 aromatic heterocycles. The maximum Gasteiger partial charge on any atom is 0.227 e. The highest BCUT2D eigenvalue weighted by Gasteiger charge is 2.32. The summed E-state index contributed by atoms with van der Waals surface area (Å²) < 4.78 is 0. The second kappa shape index (κ2) is 5.29. The number of carbonyl (C=O) groups excluding carboxylic acids is 2. The van der Waals surface area contributed by atoms with Gasteiger partial charge in [0.15, 0.2) is 0 Å². The summed E-state index contributed by atoms with van der Waals surface area (Å²) in [5.41, 5.74) is 0. The normalized spacial score (nSPS) is 34.4. The summed E-state index contributed by atoms with van der Waals surface area (Å²) in [7, 11) is 0. The number of rotatable bonds is 1. The van der Waals surface area contributed by atoms with E-state index < -0.39 is 0 Å². The van der Waals surface area contributed by atoms with E-state index in [9.17, 15) is 9.59 Å². The van der Waals surface area contributed by atoms with Gasteiger partial charge in [-0.05, 0) is 6.42 Å². The molecule has 5 heteroatoms. The molecule has 2 fully saturated rings. The van der Waals surface area contributed by atoms with Crippen LogP contribution in [0, 0.1) is 5.92 Å². The van der Waals surface area contributed by atoms with Gasteiger partial charge in [0.05, 0.1) is 5.92 Å². The molecule has 0 aromatic rings. The van der Waals surface area contributed by atoms with Crippen LogP contribution < -0.4 is 5.32 Å². The number of amides is 2. The van der Waals surface area contributed by atoms with E-state index in [1.165, 1.54) is 0 Å². The quantitative estimate of drug-likeness (QED) is 0.757. The fourth-order valence-electron chi connectivity index (χ4n) is 2.56. The topological polar surface area (TPSA) is 49.4 Å². The predicted molar refractivity (Wildman–Crippen MR) is 68.8 cm³/mol. The van der Waals surface area contributed by atoms with E-state index in [0.29, 0.717) is 29.9 Å². The van der Waals surface area contributed by atoms with E-state index in [2.05, 4.69) is 19.2 Å². The van der Waals surface area contributed by atoms with E-state index in [0.717, 1.165) is 13.1 Å². The molecule has 2 rings (SSSR count). The van der Waals surface area contributed by atoms with Crippen LogP contribution in [-0.2, 0) is 9.59 Å². The average Bonchev–Trinajstić information content (AvgIpc) is 2.28. The third-order valence-electron chi connectivity index (χ3n) is 3.35. The zero-order valence-corrected chi connectivity index (χ0v) is 11.3. The van der Waals surface area contributed by atoms with E-state index >= 15 is 0 Å². The standard InChI is InChI=1S/C12H20N2O2S/c1-8-6-14(7-9(2)17-8)12(16)10-3-4-11(15)13-5-10/h8-10H,3-7H2,1-2H3,(H,13,15). The Morgan fingerprint density at radius 1 is 1.35 bits per heavy atom. The molecular formula is C12H20N2O2S. The lowest BCUT2D eigenvalue weighted by atomic mass is 9.97. The summed E-state index contributed by atoms with van der Waals surface area (Å²) in [5, 5.41) is 3.81. The van der Waals surface area contributed by atoms with Gasteiger partial charge in [0.2, 0.25) is 11.8 Å². The Morgan fingerprint density at radius 2 is 2.00 bits per heavy atom. The number of nitrogens with zero attached hydrogens (tertiary/aromatic N) is 1. The first kappa shape index (κ1) is 12.7. The van der Waals surface area contributed by atoms with Crippen molar-refractivity contribution in [1.82, 2.24) is 10.2 Å². The summed E-state index contributed by atoms with van der Waals surface area (Å²) in [6.45, 7) is 6.55. The van der Waals surface area contributed by atoms with Gasteiger partial charge in [-0.2, -0.15) is 11.8 Å². The highest BCUT2D eigenvalue weighted by molar-refractivity contribution is 8.00. The maximum absolute atomic E-state index is 12.3. The molecule has 4 nitrogen and oxygen atoms in total. The van der Waals surface area contributed by atoms with Gasteiger partial charge in [-0.15, -0.1) is 0 Å². The van der Waals surface area contributed by atoms with E-state index in [1.54, 1.807) is 0 Å². The number of hydrogen-bond donors (Lipinski definition) is 1. The zero-order chi connectivity index (χ0) is 12.4. The number of carbonyl (C=O) groups is 2. The summed E-state index contributed by atoms with van der Waals surface area (Å²) in [6, 6.07) is 0. The van der Waals surface area contributed by atoms with Crippen molar-refractivity contribution in [2.75, 3.05) is 19.6 Å². The van der Waals surface area contributed by atoms with Gasteiger partial charge >= 0.3 is 0 Å². The summed E-state index contributed by atoms with van der Waals surface area (Å²) in [5.74, 6) is 0.296. The molecule has 0 aliphatic carbocycles. The van der Waals surface area contributed by atoms with Crippen molar-refractivity contribution in [2.24, 2.45) is 5.92 Å². The zero-order valence-electron chi connectivity index (χ0n) is 10.4. The van der Waals surface area contributed by atoms with Crippen molar-refractivity contribution in [3.63, 3.8) is 0 Å². The molecule has 17 heavy (non-hydrogen) atoms. The number of hydrogen-bond acceptors (Lipinski definition) is 3. The molecule has 2 amide bonds. The first-order valence-corrected chi connectivity index (χ1v) is 7.21. The fourth-order valence-corrected chi connectivity index (χ4v) is 3.88. The smallest absolute Gasteiger partial charge is 0.227 e. The minimum Gasteiger partial charge on any atom is -0.355 e. The van der Waals surface area contributed by atoms with Crippen LogP contribution in [0.15, 0.2) is 0 Å². The minimum absolute atomic E-state index is 0.00444. The Morgan fingerprint density at radius 3 is 2.53 bits per heavy atom. The van der Waals surface area contributed by atoms with Crippen LogP contribution in [0.25, 0.3) is 0 Å². The molecule has 1 N–H and O–H groups in total.